The summed E-state index contributed by atoms with van der Waals surface area (Å²) in [6.45, 7) is 5.23. The summed E-state index contributed by atoms with van der Waals surface area (Å²) < 4.78 is 2.05. The van der Waals surface area contributed by atoms with Crippen LogP contribution < -0.4 is 5.32 Å². The zero-order valence-corrected chi connectivity index (χ0v) is 12.8. The van der Waals surface area contributed by atoms with E-state index in [0.29, 0.717) is 6.04 Å². The maximum absolute atomic E-state index is 4.33. The number of hydrogen-bond acceptors (Lipinski definition) is 2. The van der Waals surface area contributed by atoms with E-state index >= 15 is 0 Å². The Morgan fingerprint density at radius 3 is 2.60 bits per heavy atom. The standard InChI is InChI=1S/C17H25N3/c1-4-5-6-15-7-9-16(10-8-15)14(2)19-13-17-18-11-12-20(17)3/h7-12,14,19H,4-6,13H2,1-3H3. The van der Waals surface area contributed by atoms with Crippen LogP contribution in [0, 0.1) is 0 Å². The van der Waals surface area contributed by atoms with E-state index in [9.17, 15) is 0 Å². The highest BCUT2D eigenvalue weighted by Gasteiger charge is 2.06. The molecule has 3 heteroatoms. The molecule has 0 saturated heterocycles. The molecule has 0 spiro atoms. The van der Waals surface area contributed by atoms with Gasteiger partial charge in [0.25, 0.3) is 0 Å². The van der Waals surface area contributed by atoms with E-state index < -0.39 is 0 Å². The van der Waals surface area contributed by atoms with Crippen molar-refractivity contribution in [2.24, 2.45) is 7.05 Å². The molecule has 2 aromatic rings. The zero-order valence-electron chi connectivity index (χ0n) is 12.8. The quantitative estimate of drug-likeness (QED) is 0.833. The van der Waals surface area contributed by atoms with Gasteiger partial charge in [-0.15, -0.1) is 0 Å². The van der Waals surface area contributed by atoms with E-state index in [-0.39, 0.29) is 0 Å². The van der Waals surface area contributed by atoms with Crippen molar-refractivity contribution < 1.29 is 0 Å². The van der Waals surface area contributed by atoms with Crippen LogP contribution in [0.5, 0.6) is 0 Å². The second-order valence-corrected chi connectivity index (χ2v) is 5.40. The van der Waals surface area contributed by atoms with E-state index in [0.717, 1.165) is 12.4 Å². The summed E-state index contributed by atoms with van der Waals surface area (Å²) in [6.07, 6.45) is 7.52. The minimum atomic E-state index is 0.340. The maximum Gasteiger partial charge on any atom is 0.122 e. The summed E-state index contributed by atoms with van der Waals surface area (Å²) in [5.41, 5.74) is 2.77. The number of aromatic nitrogens is 2. The molecule has 1 atom stereocenters. The molecule has 0 bridgehead atoms. The molecule has 0 radical (unpaired) electrons. The van der Waals surface area contributed by atoms with Crippen molar-refractivity contribution in [2.45, 2.75) is 45.7 Å². The SMILES string of the molecule is CCCCc1ccc(C(C)NCc2nccn2C)cc1. The molecule has 1 aromatic carbocycles. The monoisotopic (exact) mass is 271 g/mol. The fraction of sp³-hybridized carbons (Fsp3) is 0.471. The van der Waals surface area contributed by atoms with Crippen LogP contribution >= 0.6 is 0 Å². The van der Waals surface area contributed by atoms with Crippen LogP contribution in [0.3, 0.4) is 0 Å². The van der Waals surface area contributed by atoms with E-state index in [2.05, 4.69) is 48.4 Å². The Balaban J connectivity index is 1.88. The van der Waals surface area contributed by atoms with Crippen LogP contribution in [0.4, 0.5) is 0 Å². The van der Waals surface area contributed by atoms with Crippen molar-refractivity contribution in [3.63, 3.8) is 0 Å². The van der Waals surface area contributed by atoms with Gasteiger partial charge in [-0.1, -0.05) is 37.6 Å². The molecule has 0 saturated carbocycles. The second kappa shape index (κ2) is 7.25. The summed E-state index contributed by atoms with van der Waals surface area (Å²) in [7, 11) is 2.03. The van der Waals surface area contributed by atoms with Gasteiger partial charge in [-0.25, -0.2) is 4.98 Å². The third-order valence-electron chi connectivity index (χ3n) is 3.79. The number of benzene rings is 1. The lowest BCUT2D eigenvalue weighted by Gasteiger charge is -2.14. The van der Waals surface area contributed by atoms with Gasteiger partial charge in [-0.05, 0) is 30.9 Å². The molecule has 0 aliphatic rings. The maximum atomic E-state index is 4.33. The molecule has 108 valence electrons. The molecule has 0 aliphatic heterocycles. The van der Waals surface area contributed by atoms with Gasteiger partial charge >= 0.3 is 0 Å². The van der Waals surface area contributed by atoms with Crippen LogP contribution in [0.2, 0.25) is 0 Å². The fourth-order valence-corrected chi connectivity index (χ4v) is 2.28. The molecule has 0 aliphatic carbocycles. The average molecular weight is 271 g/mol. The first-order valence-electron chi connectivity index (χ1n) is 7.49. The van der Waals surface area contributed by atoms with Gasteiger partial charge in [0.2, 0.25) is 0 Å². The number of nitrogens with zero attached hydrogens (tertiary/aromatic N) is 2. The molecule has 20 heavy (non-hydrogen) atoms. The number of nitrogens with one attached hydrogen (secondary N) is 1. The first-order valence-corrected chi connectivity index (χ1v) is 7.49. The van der Waals surface area contributed by atoms with E-state index in [1.54, 1.807) is 0 Å². The summed E-state index contributed by atoms with van der Waals surface area (Å²) >= 11 is 0. The highest BCUT2D eigenvalue weighted by Crippen LogP contribution is 2.15. The third-order valence-corrected chi connectivity index (χ3v) is 3.79. The first-order chi connectivity index (χ1) is 9.70. The van der Waals surface area contributed by atoms with Crippen molar-refractivity contribution in [1.29, 1.82) is 0 Å². The first kappa shape index (κ1) is 14.8. The Bertz CT molecular complexity index is 513. The van der Waals surface area contributed by atoms with Gasteiger partial charge in [0.15, 0.2) is 0 Å². The van der Waals surface area contributed by atoms with E-state index in [1.165, 1.54) is 30.4 Å². The van der Waals surface area contributed by atoms with Crippen LogP contribution in [0.1, 0.15) is 49.7 Å². The highest BCUT2D eigenvalue weighted by atomic mass is 15.1. The van der Waals surface area contributed by atoms with Crippen LogP contribution in [0.15, 0.2) is 36.7 Å². The van der Waals surface area contributed by atoms with Crippen LogP contribution in [0.25, 0.3) is 0 Å². The van der Waals surface area contributed by atoms with Crippen molar-refractivity contribution in [1.82, 2.24) is 14.9 Å². The summed E-state index contributed by atoms with van der Waals surface area (Å²) in [5.74, 6) is 1.07. The molecule has 0 amide bonds. The predicted octanol–water partition coefficient (Wildman–Crippen LogP) is 3.61. The zero-order chi connectivity index (χ0) is 14.4. The Hall–Kier alpha value is -1.61. The normalized spacial score (nSPS) is 12.6. The number of aryl methyl sites for hydroxylation is 2. The highest BCUT2D eigenvalue weighted by molar-refractivity contribution is 5.24. The summed E-state index contributed by atoms with van der Waals surface area (Å²) in [4.78, 5) is 4.33. The van der Waals surface area contributed by atoms with Gasteiger partial charge in [0, 0.05) is 25.5 Å². The number of unbranched alkanes of at least 4 members (excludes halogenated alkanes) is 1. The van der Waals surface area contributed by atoms with Crippen molar-refractivity contribution in [3.05, 3.63) is 53.6 Å². The smallest absolute Gasteiger partial charge is 0.122 e. The topological polar surface area (TPSA) is 29.9 Å². The van der Waals surface area contributed by atoms with Crippen molar-refractivity contribution in [2.75, 3.05) is 0 Å². The Morgan fingerprint density at radius 2 is 2.00 bits per heavy atom. The Kier molecular flexibility index (Phi) is 5.36. The minimum Gasteiger partial charge on any atom is -0.337 e. The predicted molar refractivity (Wildman–Crippen MR) is 83.5 cm³/mol. The molecule has 1 heterocycles. The largest absolute Gasteiger partial charge is 0.337 e. The molecular formula is C17H25N3. The number of imidazole rings is 1. The molecule has 1 aromatic heterocycles. The summed E-state index contributed by atoms with van der Waals surface area (Å²) in [5, 5.41) is 3.52. The van der Waals surface area contributed by atoms with Gasteiger partial charge in [-0.3, -0.25) is 0 Å². The lowest BCUT2D eigenvalue weighted by molar-refractivity contribution is 0.549. The van der Waals surface area contributed by atoms with Gasteiger partial charge in [0.05, 0.1) is 6.54 Å². The van der Waals surface area contributed by atoms with Gasteiger partial charge in [0.1, 0.15) is 5.82 Å². The lowest BCUT2D eigenvalue weighted by Crippen LogP contribution is -2.20. The van der Waals surface area contributed by atoms with Crippen molar-refractivity contribution >= 4 is 0 Å². The molecule has 1 N–H and O–H groups in total. The van der Waals surface area contributed by atoms with E-state index in [4.69, 9.17) is 0 Å². The Morgan fingerprint density at radius 1 is 1.25 bits per heavy atom. The van der Waals surface area contributed by atoms with Gasteiger partial charge < -0.3 is 9.88 Å². The Labute approximate surface area is 122 Å². The molecule has 2 rings (SSSR count). The van der Waals surface area contributed by atoms with Gasteiger partial charge in [-0.2, -0.15) is 0 Å². The minimum absolute atomic E-state index is 0.340. The summed E-state index contributed by atoms with van der Waals surface area (Å²) in [6, 6.07) is 9.32. The number of hydrogen-bond donors (Lipinski definition) is 1. The van der Waals surface area contributed by atoms with E-state index in [1.807, 2.05) is 24.0 Å². The fourth-order valence-electron chi connectivity index (χ4n) is 2.28. The second-order valence-electron chi connectivity index (χ2n) is 5.40. The average Bonchev–Trinajstić information content (AvgIpc) is 2.88. The molecular weight excluding hydrogens is 246 g/mol. The molecule has 1 unspecified atom stereocenters. The number of rotatable bonds is 7. The van der Waals surface area contributed by atoms with Crippen LogP contribution in [-0.2, 0) is 20.0 Å². The van der Waals surface area contributed by atoms with Crippen LogP contribution in [-0.4, -0.2) is 9.55 Å². The third kappa shape index (κ3) is 3.94. The lowest BCUT2D eigenvalue weighted by atomic mass is 10.0. The molecule has 3 nitrogen and oxygen atoms in total. The van der Waals surface area contributed by atoms with Crippen molar-refractivity contribution in [3.8, 4) is 0 Å². The molecule has 0 fully saturated rings.